The molecule has 2 aromatic carbocycles. The lowest BCUT2D eigenvalue weighted by Crippen LogP contribution is -2.23. The second kappa shape index (κ2) is 9.52. The Morgan fingerprint density at radius 1 is 0.971 bits per heavy atom. The quantitative estimate of drug-likeness (QED) is 0.299. The second-order valence-electron chi connectivity index (χ2n) is 7.76. The van der Waals surface area contributed by atoms with Crippen molar-refractivity contribution in [1.82, 2.24) is 19.2 Å². The van der Waals surface area contributed by atoms with Crippen molar-refractivity contribution >= 4 is 34.9 Å². The van der Waals surface area contributed by atoms with Gasteiger partial charge in [-0.3, -0.25) is 15.0 Å². The van der Waals surface area contributed by atoms with Crippen LogP contribution in [0.25, 0.3) is 22.6 Å². The smallest absolute Gasteiger partial charge is 0.326 e. The Hall–Kier alpha value is -4.30. The number of anilines is 2. The first-order chi connectivity index (χ1) is 17.1. The zero-order valence-corrected chi connectivity index (χ0v) is 20.0. The van der Waals surface area contributed by atoms with Gasteiger partial charge in [0.05, 0.1) is 22.9 Å². The summed E-state index contributed by atoms with van der Waals surface area (Å²) in [6, 6.07) is 22.3. The van der Waals surface area contributed by atoms with E-state index < -0.39 is 6.03 Å². The standard InChI is InChI=1S/C26H23ClN6O2/c1-3-35-25-17(2)22(33(31-25)19-13-8-5-9-14-19)29-26(34)30-24-21(18-11-6-4-7-12-18)28-23-20(27)15-10-16-32(23)24/h4-16H,3H2,1-2H3,(H2,29,30,34). The van der Waals surface area contributed by atoms with Crippen molar-refractivity contribution in [2.24, 2.45) is 0 Å². The molecule has 5 rings (SSSR count). The van der Waals surface area contributed by atoms with Crippen LogP contribution in [-0.2, 0) is 0 Å². The van der Waals surface area contributed by atoms with Gasteiger partial charge in [-0.25, -0.2) is 14.5 Å². The van der Waals surface area contributed by atoms with E-state index in [-0.39, 0.29) is 0 Å². The first-order valence-electron chi connectivity index (χ1n) is 11.1. The minimum atomic E-state index is -0.452. The third kappa shape index (κ3) is 4.31. The fraction of sp³-hybridized carbons (Fsp3) is 0.115. The minimum Gasteiger partial charge on any atom is -0.477 e. The summed E-state index contributed by atoms with van der Waals surface area (Å²) in [5, 5.41) is 11.0. The van der Waals surface area contributed by atoms with E-state index in [1.54, 1.807) is 21.2 Å². The summed E-state index contributed by atoms with van der Waals surface area (Å²) in [6.45, 7) is 4.21. The van der Waals surface area contributed by atoms with Gasteiger partial charge in [-0.15, -0.1) is 5.10 Å². The average molecular weight is 487 g/mol. The number of carbonyl (C=O) groups is 1. The first-order valence-corrected chi connectivity index (χ1v) is 11.5. The molecule has 0 bridgehead atoms. The van der Waals surface area contributed by atoms with Crippen LogP contribution in [0, 0.1) is 6.92 Å². The lowest BCUT2D eigenvalue weighted by Gasteiger charge is -2.12. The van der Waals surface area contributed by atoms with E-state index in [2.05, 4.69) is 15.7 Å². The number of nitrogens with zero attached hydrogens (tertiary/aromatic N) is 4. The number of imidazole rings is 1. The van der Waals surface area contributed by atoms with Gasteiger partial charge in [0.15, 0.2) is 5.65 Å². The van der Waals surface area contributed by atoms with Gasteiger partial charge in [0.25, 0.3) is 0 Å². The fourth-order valence-corrected chi connectivity index (χ4v) is 4.06. The molecule has 2 N–H and O–H groups in total. The molecule has 0 aliphatic heterocycles. The molecule has 9 heteroatoms. The van der Waals surface area contributed by atoms with E-state index in [4.69, 9.17) is 21.3 Å². The monoisotopic (exact) mass is 486 g/mol. The molecule has 35 heavy (non-hydrogen) atoms. The molecule has 0 aliphatic rings. The summed E-state index contributed by atoms with van der Waals surface area (Å²) < 4.78 is 9.10. The number of urea groups is 1. The summed E-state index contributed by atoms with van der Waals surface area (Å²) >= 11 is 6.40. The Morgan fingerprint density at radius 2 is 1.66 bits per heavy atom. The van der Waals surface area contributed by atoms with Gasteiger partial charge in [-0.05, 0) is 38.1 Å². The number of para-hydroxylation sites is 1. The van der Waals surface area contributed by atoms with Crippen LogP contribution in [0.3, 0.4) is 0 Å². The van der Waals surface area contributed by atoms with Crippen molar-refractivity contribution < 1.29 is 9.53 Å². The number of hydrogen-bond acceptors (Lipinski definition) is 4. The number of aromatic nitrogens is 4. The molecule has 0 atom stereocenters. The molecular weight excluding hydrogens is 464 g/mol. The molecule has 3 heterocycles. The van der Waals surface area contributed by atoms with Gasteiger partial charge in [0.1, 0.15) is 17.3 Å². The molecule has 0 aliphatic carbocycles. The summed E-state index contributed by atoms with van der Waals surface area (Å²) in [7, 11) is 0. The van der Waals surface area contributed by atoms with Gasteiger partial charge in [0.2, 0.25) is 5.88 Å². The molecule has 0 unspecified atom stereocenters. The van der Waals surface area contributed by atoms with E-state index in [1.807, 2.05) is 80.7 Å². The maximum absolute atomic E-state index is 13.3. The highest BCUT2D eigenvalue weighted by Gasteiger charge is 2.22. The van der Waals surface area contributed by atoms with Gasteiger partial charge in [0, 0.05) is 11.8 Å². The Bertz CT molecular complexity index is 1500. The van der Waals surface area contributed by atoms with Crippen LogP contribution < -0.4 is 15.4 Å². The second-order valence-corrected chi connectivity index (χ2v) is 8.17. The van der Waals surface area contributed by atoms with Crippen LogP contribution in [0.2, 0.25) is 5.02 Å². The lowest BCUT2D eigenvalue weighted by molar-refractivity contribution is 0.262. The van der Waals surface area contributed by atoms with Crippen molar-refractivity contribution in [3.05, 3.63) is 89.6 Å². The van der Waals surface area contributed by atoms with E-state index in [0.717, 1.165) is 16.8 Å². The number of benzene rings is 2. The zero-order valence-electron chi connectivity index (χ0n) is 19.2. The third-order valence-electron chi connectivity index (χ3n) is 5.47. The fourth-order valence-electron chi connectivity index (χ4n) is 3.85. The average Bonchev–Trinajstić information content (AvgIpc) is 3.39. The third-order valence-corrected chi connectivity index (χ3v) is 5.77. The van der Waals surface area contributed by atoms with Crippen LogP contribution >= 0.6 is 11.6 Å². The van der Waals surface area contributed by atoms with Crippen LogP contribution in [0.1, 0.15) is 12.5 Å². The highest BCUT2D eigenvalue weighted by molar-refractivity contribution is 6.33. The van der Waals surface area contributed by atoms with E-state index >= 15 is 0 Å². The van der Waals surface area contributed by atoms with Gasteiger partial charge in [-0.1, -0.05) is 60.1 Å². The normalized spacial score (nSPS) is 10.9. The number of nitrogens with one attached hydrogen (secondary N) is 2. The maximum atomic E-state index is 13.3. The minimum absolute atomic E-state index is 0.452. The topological polar surface area (TPSA) is 85.5 Å². The number of amides is 2. The van der Waals surface area contributed by atoms with Crippen molar-refractivity contribution in [2.45, 2.75) is 13.8 Å². The Labute approximate surface area is 207 Å². The first kappa shape index (κ1) is 22.5. The lowest BCUT2D eigenvalue weighted by atomic mass is 10.1. The number of rotatable bonds is 6. The number of ether oxygens (including phenoxy) is 1. The molecule has 0 fully saturated rings. The molecule has 5 aromatic rings. The number of pyridine rings is 1. The number of fused-ring (bicyclic) bond motifs is 1. The molecule has 0 radical (unpaired) electrons. The van der Waals surface area contributed by atoms with E-state index in [1.165, 1.54) is 0 Å². The molecule has 0 saturated carbocycles. The van der Waals surface area contributed by atoms with Crippen LogP contribution in [0.5, 0.6) is 5.88 Å². The Kier molecular flexibility index (Phi) is 6.12. The highest BCUT2D eigenvalue weighted by Crippen LogP contribution is 2.32. The predicted molar refractivity (Wildman–Crippen MR) is 138 cm³/mol. The Balaban J connectivity index is 1.53. The van der Waals surface area contributed by atoms with Gasteiger partial charge < -0.3 is 4.74 Å². The highest BCUT2D eigenvalue weighted by atomic mass is 35.5. The van der Waals surface area contributed by atoms with E-state index in [0.29, 0.717) is 40.5 Å². The maximum Gasteiger partial charge on any atom is 0.326 e. The number of hydrogen-bond donors (Lipinski definition) is 2. The van der Waals surface area contributed by atoms with Gasteiger partial charge in [-0.2, -0.15) is 0 Å². The van der Waals surface area contributed by atoms with Crippen LogP contribution in [0.4, 0.5) is 16.4 Å². The largest absolute Gasteiger partial charge is 0.477 e. The SMILES string of the molecule is CCOc1nn(-c2ccccc2)c(NC(=O)Nc2c(-c3ccccc3)nc3c(Cl)cccn23)c1C. The molecule has 176 valence electrons. The van der Waals surface area contributed by atoms with Crippen LogP contribution in [0.15, 0.2) is 79.0 Å². The summed E-state index contributed by atoms with van der Waals surface area (Å²) in [5.41, 5.74) is 3.52. The molecule has 0 spiro atoms. The molecular formula is C26H23ClN6O2. The Morgan fingerprint density at radius 3 is 2.37 bits per heavy atom. The summed E-state index contributed by atoms with van der Waals surface area (Å²) in [5.74, 6) is 1.46. The molecule has 8 nitrogen and oxygen atoms in total. The van der Waals surface area contributed by atoms with Crippen LogP contribution in [-0.4, -0.2) is 31.8 Å². The van der Waals surface area contributed by atoms with Crippen molar-refractivity contribution in [3.63, 3.8) is 0 Å². The van der Waals surface area contributed by atoms with Crippen molar-refractivity contribution in [3.8, 4) is 22.8 Å². The summed E-state index contributed by atoms with van der Waals surface area (Å²) in [4.78, 5) is 18.0. The van der Waals surface area contributed by atoms with Crippen molar-refractivity contribution in [1.29, 1.82) is 0 Å². The van der Waals surface area contributed by atoms with Gasteiger partial charge >= 0.3 is 6.03 Å². The van der Waals surface area contributed by atoms with E-state index in [9.17, 15) is 4.79 Å². The predicted octanol–water partition coefficient (Wildman–Crippen LogP) is 6.19. The zero-order chi connectivity index (χ0) is 24.4. The molecule has 2 amide bonds. The number of carbonyl (C=O) groups excluding carboxylic acids is 1. The summed E-state index contributed by atoms with van der Waals surface area (Å²) in [6.07, 6.45) is 1.81. The molecule has 0 saturated heterocycles. The molecule has 3 aromatic heterocycles. The van der Waals surface area contributed by atoms with Crippen molar-refractivity contribution in [2.75, 3.05) is 17.2 Å². The number of halogens is 1.